The number of carbonyl (C=O) groups excluding carboxylic acids is 1. The third-order valence-corrected chi connectivity index (χ3v) is 3.96. The van der Waals surface area contributed by atoms with Crippen LogP contribution in [0.2, 0.25) is 0 Å². The summed E-state index contributed by atoms with van der Waals surface area (Å²) in [5.74, 6) is 0.742. The highest BCUT2D eigenvalue weighted by atomic mass is 16.2. The minimum atomic E-state index is 0.0267. The van der Waals surface area contributed by atoms with Crippen LogP contribution in [0.4, 0.5) is 5.69 Å². The zero-order valence-electron chi connectivity index (χ0n) is 11.6. The molecule has 1 unspecified atom stereocenters. The van der Waals surface area contributed by atoms with Crippen molar-refractivity contribution in [1.29, 1.82) is 0 Å². The van der Waals surface area contributed by atoms with Crippen molar-refractivity contribution >= 4 is 17.2 Å². The lowest BCUT2D eigenvalue weighted by molar-refractivity contribution is -0.110. The minimum Gasteiger partial charge on any atom is -0.376 e. The lowest BCUT2D eigenvalue weighted by atomic mass is 10.00. The monoisotopic (exact) mass is 256 g/mol. The van der Waals surface area contributed by atoms with Gasteiger partial charge in [-0.15, -0.1) is 0 Å². The first-order valence-corrected chi connectivity index (χ1v) is 7.02. The second-order valence-electron chi connectivity index (χ2n) is 5.79. The van der Waals surface area contributed by atoms with Gasteiger partial charge < -0.3 is 10.2 Å². The maximum atomic E-state index is 12.1. The number of likely N-dealkylation sites (tertiary alicyclic amines) is 1. The molecule has 0 radical (unpaired) electrons. The van der Waals surface area contributed by atoms with E-state index in [1.54, 1.807) is 0 Å². The Labute approximate surface area is 114 Å². The van der Waals surface area contributed by atoms with Gasteiger partial charge in [-0.25, -0.2) is 0 Å². The van der Waals surface area contributed by atoms with Crippen LogP contribution in [0.1, 0.15) is 30.9 Å². The number of hydrogen-bond acceptors (Lipinski definition) is 2. The molecule has 0 saturated carbocycles. The topological polar surface area (TPSA) is 32.3 Å². The molecule has 0 aromatic heterocycles. The third kappa shape index (κ3) is 2.37. The van der Waals surface area contributed by atoms with Crippen molar-refractivity contribution in [1.82, 2.24) is 4.90 Å². The molecule has 1 amide bonds. The first kappa shape index (κ1) is 12.3. The van der Waals surface area contributed by atoms with Crippen molar-refractivity contribution in [3.8, 4) is 0 Å². The van der Waals surface area contributed by atoms with Crippen molar-refractivity contribution in [2.24, 2.45) is 5.92 Å². The van der Waals surface area contributed by atoms with E-state index in [9.17, 15) is 4.79 Å². The van der Waals surface area contributed by atoms with E-state index in [0.29, 0.717) is 5.92 Å². The van der Waals surface area contributed by atoms with Crippen LogP contribution in [0, 0.1) is 12.8 Å². The summed E-state index contributed by atoms with van der Waals surface area (Å²) in [6, 6.07) is 6.11. The molecule has 1 fully saturated rings. The van der Waals surface area contributed by atoms with E-state index in [1.807, 2.05) is 12.1 Å². The molecular weight excluding hydrogens is 236 g/mol. The lowest BCUT2D eigenvalue weighted by Gasteiger charge is -2.30. The van der Waals surface area contributed by atoms with Crippen LogP contribution < -0.4 is 5.32 Å². The number of carbonyl (C=O) groups is 1. The van der Waals surface area contributed by atoms with Crippen LogP contribution in [0.25, 0.3) is 5.57 Å². The van der Waals surface area contributed by atoms with Gasteiger partial charge in [0, 0.05) is 30.5 Å². The number of anilines is 1. The number of aryl methyl sites for hydroxylation is 1. The van der Waals surface area contributed by atoms with Gasteiger partial charge in [0.1, 0.15) is 0 Å². The number of benzene rings is 1. The molecule has 3 heteroatoms. The molecule has 3 nitrogen and oxygen atoms in total. The smallest absolute Gasteiger partial charge is 0.257 e. The van der Waals surface area contributed by atoms with Gasteiger partial charge in [0.05, 0.1) is 5.57 Å². The fourth-order valence-corrected chi connectivity index (χ4v) is 2.96. The van der Waals surface area contributed by atoms with Gasteiger partial charge in [-0.3, -0.25) is 4.79 Å². The normalized spacial score (nSPS) is 24.5. The third-order valence-electron chi connectivity index (χ3n) is 3.96. The fraction of sp³-hybridized carbons (Fsp3) is 0.438. The highest BCUT2D eigenvalue weighted by Gasteiger charge is 2.25. The summed E-state index contributed by atoms with van der Waals surface area (Å²) >= 11 is 0. The van der Waals surface area contributed by atoms with Crippen molar-refractivity contribution in [3.63, 3.8) is 0 Å². The largest absolute Gasteiger partial charge is 0.376 e. The van der Waals surface area contributed by atoms with Gasteiger partial charge in [-0.1, -0.05) is 18.6 Å². The molecule has 2 aliphatic heterocycles. The molecule has 2 heterocycles. The van der Waals surface area contributed by atoms with E-state index < -0.39 is 0 Å². The van der Waals surface area contributed by atoms with E-state index in [1.165, 1.54) is 18.4 Å². The Morgan fingerprint density at radius 3 is 3.05 bits per heavy atom. The summed E-state index contributed by atoms with van der Waals surface area (Å²) < 4.78 is 0. The number of fused-ring (bicyclic) bond motifs is 1. The summed E-state index contributed by atoms with van der Waals surface area (Å²) in [5, 5.41) is 2.94. The predicted octanol–water partition coefficient (Wildman–Crippen LogP) is 3.02. The van der Waals surface area contributed by atoms with Crippen LogP contribution >= 0.6 is 0 Å². The number of hydrogen-bond donors (Lipinski definition) is 1. The maximum Gasteiger partial charge on any atom is 0.257 e. The van der Waals surface area contributed by atoms with Crippen LogP contribution in [0.5, 0.6) is 0 Å². The zero-order chi connectivity index (χ0) is 13.4. The molecule has 100 valence electrons. The molecule has 19 heavy (non-hydrogen) atoms. The summed E-state index contributed by atoms with van der Waals surface area (Å²) in [5.41, 5.74) is 3.98. The van der Waals surface area contributed by atoms with Gasteiger partial charge in [0.15, 0.2) is 0 Å². The molecule has 2 aliphatic rings. The number of nitrogens with zero attached hydrogens (tertiary/aromatic N) is 1. The van der Waals surface area contributed by atoms with Crippen molar-refractivity contribution in [2.45, 2.75) is 26.7 Å². The highest BCUT2D eigenvalue weighted by molar-refractivity contribution is 6.31. The maximum absolute atomic E-state index is 12.1. The number of nitrogens with one attached hydrogen (secondary N) is 1. The zero-order valence-corrected chi connectivity index (χ0v) is 11.6. The van der Waals surface area contributed by atoms with E-state index in [2.05, 4.69) is 36.3 Å². The average Bonchev–Trinajstić information content (AvgIpc) is 2.66. The molecule has 1 N–H and O–H groups in total. The van der Waals surface area contributed by atoms with E-state index in [0.717, 1.165) is 29.9 Å². The highest BCUT2D eigenvalue weighted by Crippen LogP contribution is 2.33. The number of piperidine rings is 1. The Balaban J connectivity index is 1.92. The standard InChI is InChI=1S/C16H20N2O/c1-11-5-6-15-13(8-11)14(16(19)17-15)10-18-7-3-4-12(2)9-18/h5-6,8,10,12H,3-4,7,9H2,1-2H3,(H,17,19)/b14-10+. The van der Waals surface area contributed by atoms with E-state index in [4.69, 9.17) is 0 Å². The van der Waals surface area contributed by atoms with Crippen LogP contribution in [-0.4, -0.2) is 23.9 Å². The first-order valence-electron chi connectivity index (χ1n) is 7.02. The quantitative estimate of drug-likeness (QED) is 0.783. The van der Waals surface area contributed by atoms with Crippen LogP contribution in [-0.2, 0) is 4.79 Å². The van der Waals surface area contributed by atoms with E-state index in [-0.39, 0.29) is 5.91 Å². The Bertz CT molecular complexity index is 548. The Kier molecular flexibility index (Phi) is 3.05. The predicted molar refractivity (Wildman–Crippen MR) is 77.8 cm³/mol. The number of rotatable bonds is 1. The van der Waals surface area contributed by atoms with Gasteiger partial charge in [0.25, 0.3) is 5.91 Å². The SMILES string of the molecule is Cc1ccc2c(c1)/C(=C\N1CCCC(C)C1)C(=O)N2. The Morgan fingerprint density at radius 1 is 1.42 bits per heavy atom. The van der Waals surface area contributed by atoms with Crippen LogP contribution in [0.3, 0.4) is 0 Å². The number of amides is 1. The second kappa shape index (κ2) is 4.72. The second-order valence-corrected chi connectivity index (χ2v) is 5.79. The van der Waals surface area contributed by atoms with Gasteiger partial charge in [-0.2, -0.15) is 0 Å². The molecule has 0 aliphatic carbocycles. The molecule has 1 aromatic carbocycles. The van der Waals surface area contributed by atoms with Crippen molar-refractivity contribution in [3.05, 3.63) is 35.5 Å². The minimum absolute atomic E-state index is 0.0267. The van der Waals surface area contributed by atoms with Gasteiger partial charge in [-0.05, 0) is 37.8 Å². The molecule has 1 saturated heterocycles. The van der Waals surface area contributed by atoms with Crippen molar-refractivity contribution in [2.75, 3.05) is 18.4 Å². The first-order chi connectivity index (χ1) is 9.13. The summed E-state index contributed by atoms with van der Waals surface area (Å²) in [4.78, 5) is 14.4. The fourth-order valence-electron chi connectivity index (χ4n) is 2.96. The summed E-state index contributed by atoms with van der Waals surface area (Å²) in [6.07, 6.45) is 4.56. The Hall–Kier alpha value is -1.77. The molecule has 1 atom stereocenters. The molecule has 3 rings (SSSR count). The van der Waals surface area contributed by atoms with Gasteiger partial charge >= 0.3 is 0 Å². The molecular formula is C16H20N2O. The lowest BCUT2D eigenvalue weighted by Crippen LogP contribution is -2.30. The Morgan fingerprint density at radius 2 is 2.26 bits per heavy atom. The van der Waals surface area contributed by atoms with Gasteiger partial charge in [0.2, 0.25) is 0 Å². The van der Waals surface area contributed by atoms with Crippen LogP contribution in [0.15, 0.2) is 24.4 Å². The van der Waals surface area contributed by atoms with E-state index >= 15 is 0 Å². The average molecular weight is 256 g/mol. The van der Waals surface area contributed by atoms with Crippen molar-refractivity contribution < 1.29 is 4.79 Å². The summed E-state index contributed by atoms with van der Waals surface area (Å²) in [6.45, 7) is 6.45. The molecule has 1 aromatic rings. The molecule has 0 spiro atoms. The summed E-state index contributed by atoms with van der Waals surface area (Å²) in [7, 11) is 0. The molecule has 0 bridgehead atoms.